The third kappa shape index (κ3) is 12.1. The number of ether oxygens (including phenoxy) is 2. The van der Waals surface area contributed by atoms with E-state index in [4.69, 9.17) is 0 Å². The van der Waals surface area contributed by atoms with Gasteiger partial charge < -0.3 is 29.3 Å². The molecule has 0 fully saturated rings. The van der Waals surface area contributed by atoms with Gasteiger partial charge in [0.1, 0.15) is 0 Å². The Bertz CT molecular complexity index is 159. The van der Waals surface area contributed by atoms with Crippen LogP contribution in [0.3, 0.4) is 0 Å². The summed E-state index contributed by atoms with van der Waals surface area (Å²) in [4.78, 5) is 28.5. The van der Waals surface area contributed by atoms with Gasteiger partial charge in [0.25, 0.3) is 12.3 Å². The maximum absolute atomic E-state index is 9.78. The van der Waals surface area contributed by atoms with E-state index in [1.807, 2.05) is 0 Å². The Morgan fingerprint density at radius 2 is 1.08 bits per heavy atom. The first kappa shape index (κ1) is 17.5. The fourth-order valence-corrected chi connectivity index (χ4v) is 0.157. The summed E-state index contributed by atoms with van der Waals surface area (Å²) in [6.07, 6.45) is -6.32. The van der Waals surface area contributed by atoms with Crippen molar-refractivity contribution in [1.82, 2.24) is 0 Å². The molecule has 0 saturated carbocycles. The topological polar surface area (TPSA) is 116 Å². The average Bonchev–Trinajstić information content (AvgIpc) is 1.58. The number of carbonyl (C=O) groups excluding carboxylic acids is 3. The molecule has 0 aliphatic rings. The van der Waals surface area contributed by atoms with Gasteiger partial charge in [0.2, 0.25) is 0 Å². The van der Waals surface area contributed by atoms with Crippen molar-refractivity contribution in [3.63, 3.8) is 0 Å². The Kier molecular flexibility index (Phi) is 12.4. The molecule has 0 aromatic heterocycles. The standard InChI is InChI=1S/C3H2O7.2Li/c4-1(5)9-3(8)10-2(6)7;;/h(H,4,5)(H,6,7);;/q;2*+1/p-2. The summed E-state index contributed by atoms with van der Waals surface area (Å²) in [6, 6.07) is 0. The van der Waals surface area contributed by atoms with Crippen molar-refractivity contribution in [3.05, 3.63) is 0 Å². The van der Waals surface area contributed by atoms with Crippen LogP contribution in [0.4, 0.5) is 14.4 Å². The van der Waals surface area contributed by atoms with Crippen LogP contribution in [0.25, 0.3) is 0 Å². The third-order valence-corrected chi connectivity index (χ3v) is 0.333. The van der Waals surface area contributed by atoms with Crippen LogP contribution < -0.4 is 47.9 Å². The van der Waals surface area contributed by atoms with Gasteiger partial charge in [-0.05, 0) is 0 Å². The second-order valence-corrected chi connectivity index (χ2v) is 0.954. The van der Waals surface area contributed by atoms with Gasteiger partial charge in [-0.15, -0.1) is 0 Å². The molecule has 0 amide bonds. The van der Waals surface area contributed by atoms with Gasteiger partial charge in [0.05, 0.1) is 0 Å². The summed E-state index contributed by atoms with van der Waals surface area (Å²) < 4.78 is 6.17. The van der Waals surface area contributed by atoms with E-state index in [0.717, 1.165) is 0 Å². The molecular weight excluding hydrogens is 162 g/mol. The van der Waals surface area contributed by atoms with Crippen LogP contribution in [-0.4, -0.2) is 18.5 Å². The van der Waals surface area contributed by atoms with E-state index in [0.29, 0.717) is 0 Å². The first-order valence-electron chi connectivity index (χ1n) is 1.84. The molecule has 0 unspecified atom stereocenters. The zero-order chi connectivity index (χ0) is 8.15. The van der Waals surface area contributed by atoms with Crippen molar-refractivity contribution < 1.29 is 71.8 Å². The minimum atomic E-state index is -2.20. The first-order valence-corrected chi connectivity index (χ1v) is 1.84. The van der Waals surface area contributed by atoms with Gasteiger partial charge >= 0.3 is 43.9 Å². The Morgan fingerprint density at radius 1 is 0.833 bits per heavy atom. The zero-order valence-corrected chi connectivity index (χ0v) is 6.36. The van der Waals surface area contributed by atoms with Gasteiger partial charge in [-0.25, -0.2) is 4.79 Å². The number of carboxylic acid groups (broad SMARTS) is 2. The summed E-state index contributed by atoms with van der Waals surface area (Å²) in [5.74, 6) is 0. The molecule has 0 aliphatic heterocycles. The molecule has 0 spiro atoms. The second kappa shape index (κ2) is 8.50. The molecule has 12 heavy (non-hydrogen) atoms. The predicted molar refractivity (Wildman–Crippen MR) is 18.4 cm³/mol. The van der Waals surface area contributed by atoms with Gasteiger partial charge in [0, 0.05) is 0 Å². The molecule has 0 radical (unpaired) electrons. The minimum absolute atomic E-state index is 0. The molecular formula is C3Li2O7. The molecule has 0 N–H and O–H groups in total. The van der Waals surface area contributed by atoms with Crippen molar-refractivity contribution >= 4 is 18.5 Å². The second-order valence-electron chi connectivity index (χ2n) is 0.954. The van der Waals surface area contributed by atoms with Crippen LogP contribution in [0.15, 0.2) is 0 Å². The molecule has 0 saturated heterocycles. The maximum atomic E-state index is 9.78. The molecule has 7 nitrogen and oxygen atoms in total. The summed E-state index contributed by atoms with van der Waals surface area (Å²) in [6.45, 7) is 0. The van der Waals surface area contributed by atoms with E-state index in [1.54, 1.807) is 0 Å². The maximum Gasteiger partial charge on any atom is 1.00 e. The van der Waals surface area contributed by atoms with E-state index in [1.165, 1.54) is 0 Å². The van der Waals surface area contributed by atoms with Crippen LogP contribution in [0.1, 0.15) is 0 Å². The van der Waals surface area contributed by atoms with Crippen molar-refractivity contribution in [1.29, 1.82) is 0 Å². The predicted octanol–water partition coefficient (Wildman–Crippen LogP) is -8.17. The average molecular weight is 162 g/mol. The van der Waals surface area contributed by atoms with Gasteiger partial charge in [0.15, 0.2) is 0 Å². The van der Waals surface area contributed by atoms with Crippen molar-refractivity contribution in [2.24, 2.45) is 0 Å². The van der Waals surface area contributed by atoms with Crippen molar-refractivity contribution in [3.8, 4) is 0 Å². The molecule has 0 atom stereocenters. The zero-order valence-electron chi connectivity index (χ0n) is 6.36. The molecule has 56 valence electrons. The molecule has 0 aromatic rings. The van der Waals surface area contributed by atoms with Crippen LogP contribution in [-0.2, 0) is 9.47 Å². The molecule has 0 aromatic carbocycles. The molecule has 0 rings (SSSR count). The fraction of sp³-hybridized carbons (Fsp3) is 0. The summed E-state index contributed by atoms with van der Waals surface area (Å²) in [5, 5.41) is 18.7. The first-order chi connectivity index (χ1) is 4.52. The molecule has 0 heterocycles. The van der Waals surface area contributed by atoms with E-state index in [-0.39, 0.29) is 37.7 Å². The summed E-state index contributed by atoms with van der Waals surface area (Å²) >= 11 is 0. The monoisotopic (exact) mass is 162 g/mol. The van der Waals surface area contributed by atoms with E-state index in [2.05, 4.69) is 9.47 Å². The van der Waals surface area contributed by atoms with Crippen LogP contribution >= 0.6 is 0 Å². The fourth-order valence-electron chi connectivity index (χ4n) is 0.157. The summed E-state index contributed by atoms with van der Waals surface area (Å²) in [7, 11) is 0. The molecule has 9 heteroatoms. The number of carbonyl (C=O) groups is 3. The van der Waals surface area contributed by atoms with E-state index >= 15 is 0 Å². The quantitative estimate of drug-likeness (QED) is 0.197. The molecule has 0 aliphatic carbocycles. The Labute approximate surface area is 90.4 Å². The Hall–Kier alpha value is -0.595. The van der Waals surface area contributed by atoms with Crippen LogP contribution in [0.2, 0.25) is 0 Å². The minimum Gasteiger partial charge on any atom is -0.467 e. The van der Waals surface area contributed by atoms with Crippen LogP contribution in [0.5, 0.6) is 0 Å². The largest absolute Gasteiger partial charge is 1.00 e. The summed E-state index contributed by atoms with van der Waals surface area (Å²) in [5.41, 5.74) is 0. The van der Waals surface area contributed by atoms with Gasteiger partial charge in [-0.1, -0.05) is 0 Å². The van der Waals surface area contributed by atoms with Crippen molar-refractivity contribution in [2.45, 2.75) is 0 Å². The van der Waals surface area contributed by atoms with Crippen LogP contribution in [0, 0.1) is 0 Å². The van der Waals surface area contributed by atoms with E-state index in [9.17, 15) is 24.6 Å². The smallest absolute Gasteiger partial charge is 0.467 e. The Morgan fingerprint density at radius 3 is 1.25 bits per heavy atom. The third-order valence-electron chi connectivity index (χ3n) is 0.333. The van der Waals surface area contributed by atoms with E-state index < -0.39 is 18.5 Å². The number of hydrogen-bond acceptors (Lipinski definition) is 7. The number of hydrogen-bond donors (Lipinski definition) is 0. The molecule has 0 bridgehead atoms. The van der Waals surface area contributed by atoms with Crippen molar-refractivity contribution in [2.75, 3.05) is 0 Å². The SMILES string of the molecule is O=C([O-])OC(=O)OC(=O)[O-].[Li+].[Li+]. The van der Waals surface area contributed by atoms with Gasteiger partial charge in [-0.3, -0.25) is 0 Å². The Balaban J connectivity index is -0.000000405. The number of rotatable bonds is 0. The van der Waals surface area contributed by atoms with Gasteiger partial charge in [-0.2, -0.15) is 0 Å². The normalized spacial score (nSPS) is 6.67.